The van der Waals surface area contributed by atoms with Crippen LogP contribution in [0.5, 0.6) is 5.75 Å². The molecule has 86 valence electrons. The second-order valence-electron chi connectivity index (χ2n) is 4.35. The maximum absolute atomic E-state index is 10.9. The van der Waals surface area contributed by atoms with Gasteiger partial charge in [0.15, 0.2) is 0 Å². The highest BCUT2D eigenvalue weighted by Gasteiger charge is 2.13. The molecule has 3 heteroatoms. The van der Waals surface area contributed by atoms with E-state index in [-0.39, 0.29) is 11.9 Å². The molecule has 1 N–H and O–H groups in total. The number of carbonyl (C=O) groups is 1. The third kappa shape index (κ3) is 2.54. The SMILES string of the molecule is CC(=O)NC(C)Cc1ccc2c(c1)CCO2. The van der Waals surface area contributed by atoms with Gasteiger partial charge in [-0.25, -0.2) is 0 Å². The highest BCUT2D eigenvalue weighted by molar-refractivity contribution is 5.73. The molecule has 1 amide bonds. The maximum Gasteiger partial charge on any atom is 0.217 e. The van der Waals surface area contributed by atoms with Crippen LogP contribution < -0.4 is 10.1 Å². The average molecular weight is 219 g/mol. The quantitative estimate of drug-likeness (QED) is 0.840. The summed E-state index contributed by atoms with van der Waals surface area (Å²) in [4.78, 5) is 10.9. The van der Waals surface area contributed by atoms with Crippen LogP contribution >= 0.6 is 0 Å². The van der Waals surface area contributed by atoms with E-state index in [0.717, 1.165) is 25.2 Å². The molecule has 1 aromatic carbocycles. The average Bonchev–Trinajstić information content (AvgIpc) is 2.63. The van der Waals surface area contributed by atoms with Crippen molar-refractivity contribution >= 4 is 5.91 Å². The van der Waals surface area contributed by atoms with Crippen LogP contribution in [0.25, 0.3) is 0 Å². The van der Waals surface area contributed by atoms with Crippen molar-refractivity contribution < 1.29 is 9.53 Å². The van der Waals surface area contributed by atoms with E-state index in [1.165, 1.54) is 11.1 Å². The Morgan fingerprint density at radius 2 is 2.38 bits per heavy atom. The van der Waals surface area contributed by atoms with Crippen LogP contribution in [0.1, 0.15) is 25.0 Å². The number of ether oxygens (including phenoxy) is 1. The number of hydrogen-bond acceptors (Lipinski definition) is 2. The third-order valence-corrected chi connectivity index (χ3v) is 2.75. The normalized spacial score (nSPS) is 15.1. The van der Waals surface area contributed by atoms with Gasteiger partial charge in [-0.3, -0.25) is 4.79 Å². The zero-order valence-electron chi connectivity index (χ0n) is 9.75. The van der Waals surface area contributed by atoms with Gasteiger partial charge in [-0.2, -0.15) is 0 Å². The summed E-state index contributed by atoms with van der Waals surface area (Å²) in [7, 11) is 0. The zero-order chi connectivity index (χ0) is 11.5. The predicted octanol–water partition coefficient (Wildman–Crippen LogP) is 1.69. The summed E-state index contributed by atoms with van der Waals surface area (Å²) in [6, 6.07) is 6.46. The van der Waals surface area contributed by atoms with E-state index in [2.05, 4.69) is 17.4 Å². The molecular weight excluding hydrogens is 202 g/mol. The number of fused-ring (bicyclic) bond motifs is 1. The van der Waals surface area contributed by atoms with E-state index in [1.807, 2.05) is 13.0 Å². The first-order valence-electron chi connectivity index (χ1n) is 5.67. The topological polar surface area (TPSA) is 38.3 Å². The maximum atomic E-state index is 10.9. The summed E-state index contributed by atoms with van der Waals surface area (Å²) in [5.41, 5.74) is 2.54. The van der Waals surface area contributed by atoms with E-state index < -0.39 is 0 Å². The minimum atomic E-state index is 0.0250. The summed E-state index contributed by atoms with van der Waals surface area (Å²) in [6.45, 7) is 4.36. The van der Waals surface area contributed by atoms with Gasteiger partial charge in [0, 0.05) is 19.4 Å². The number of rotatable bonds is 3. The molecule has 0 aliphatic carbocycles. The number of amides is 1. The lowest BCUT2D eigenvalue weighted by Crippen LogP contribution is -2.32. The van der Waals surface area contributed by atoms with Crippen LogP contribution in [0.15, 0.2) is 18.2 Å². The van der Waals surface area contributed by atoms with Gasteiger partial charge in [0.25, 0.3) is 0 Å². The van der Waals surface area contributed by atoms with E-state index in [0.29, 0.717) is 0 Å². The summed E-state index contributed by atoms with van der Waals surface area (Å²) in [5, 5.41) is 2.89. The Bertz CT molecular complexity index is 401. The Morgan fingerprint density at radius 1 is 1.56 bits per heavy atom. The van der Waals surface area contributed by atoms with Crippen molar-refractivity contribution in [2.24, 2.45) is 0 Å². The molecule has 1 aromatic rings. The van der Waals surface area contributed by atoms with Crippen LogP contribution in [0.3, 0.4) is 0 Å². The summed E-state index contributed by atoms with van der Waals surface area (Å²) in [5.74, 6) is 1.04. The monoisotopic (exact) mass is 219 g/mol. The Labute approximate surface area is 95.8 Å². The Kier molecular flexibility index (Phi) is 3.13. The van der Waals surface area contributed by atoms with Gasteiger partial charge in [-0.05, 0) is 30.5 Å². The second kappa shape index (κ2) is 4.56. The van der Waals surface area contributed by atoms with Gasteiger partial charge in [0.2, 0.25) is 5.91 Å². The molecule has 0 aromatic heterocycles. The molecule has 1 heterocycles. The van der Waals surface area contributed by atoms with Gasteiger partial charge in [-0.1, -0.05) is 12.1 Å². The molecule has 1 aliphatic rings. The molecule has 2 rings (SSSR count). The minimum absolute atomic E-state index is 0.0250. The van der Waals surface area contributed by atoms with Crippen LogP contribution in [-0.4, -0.2) is 18.6 Å². The highest BCUT2D eigenvalue weighted by atomic mass is 16.5. The van der Waals surface area contributed by atoms with Crippen molar-refractivity contribution in [3.63, 3.8) is 0 Å². The van der Waals surface area contributed by atoms with Crippen molar-refractivity contribution in [2.45, 2.75) is 32.7 Å². The first kappa shape index (κ1) is 11.0. The number of carbonyl (C=O) groups excluding carboxylic acids is 1. The fourth-order valence-electron chi connectivity index (χ4n) is 2.12. The Morgan fingerprint density at radius 3 is 3.12 bits per heavy atom. The summed E-state index contributed by atoms with van der Waals surface area (Å²) < 4.78 is 5.45. The molecule has 16 heavy (non-hydrogen) atoms. The molecule has 1 unspecified atom stereocenters. The molecule has 3 nitrogen and oxygen atoms in total. The largest absolute Gasteiger partial charge is 0.493 e. The van der Waals surface area contributed by atoms with Crippen LogP contribution in [0.2, 0.25) is 0 Å². The lowest BCUT2D eigenvalue weighted by molar-refractivity contribution is -0.119. The van der Waals surface area contributed by atoms with Crippen molar-refractivity contribution in [1.82, 2.24) is 5.32 Å². The molecule has 0 bridgehead atoms. The number of nitrogens with one attached hydrogen (secondary N) is 1. The highest BCUT2D eigenvalue weighted by Crippen LogP contribution is 2.26. The van der Waals surface area contributed by atoms with Gasteiger partial charge in [-0.15, -0.1) is 0 Å². The van der Waals surface area contributed by atoms with E-state index in [9.17, 15) is 4.79 Å². The Balaban J connectivity index is 2.02. The Hall–Kier alpha value is -1.51. The summed E-state index contributed by atoms with van der Waals surface area (Å²) >= 11 is 0. The molecule has 1 aliphatic heterocycles. The van der Waals surface area contributed by atoms with Gasteiger partial charge >= 0.3 is 0 Å². The van der Waals surface area contributed by atoms with E-state index in [1.54, 1.807) is 6.92 Å². The van der Waals surface area contributed by atoms with E-state index >= 15 is 0 Å². The van der Waals surface area contributed by atoms with Crippen molar-refractivity contribution in [3.8, 4) is 5.75 Å². The number of benzene rings is 1. The van der Waals surface area contributed by atoms with Gasteiger partial charge in [0.05, 0.1) is 6.61 Å². The van der Waals surface area contributed by atoms with Crippen LogP contribution in [0.4, 0.5) is 0 Å². The third-order valence-electron chi connectivity index (χ3n) is 2.75. The minimum Gasteiger partial charge on any atom is -0.493 e. The predicted molar refractivity (Wildman–Crippen MR) is 62.6 cm³/mol. The lowest BCUT2D eigenvalue weighted by atomic mass is 10.0. The van der Waals surface area contributed by atoms with Crippen molar-refractivity contribution in [3.05, 3.63) is 29.3 Å². The molecule has 0 spiro atoms. The lowest BCUT2D eigenvalue weighted by Gasteiger charge is -2.12. The van der Waals surface area contributed by atoms with E-state index in [4.69, 9.17) is 4.74 Å². The molecular formula is C13H17NO2. The first-order valence-corrected chi connectivity index (χ1v) is 5.67. The fourth-order valence-corrected chi connectivity index (χ4v) is 2.12. The van der Waals surface area contributed by atoms with Crippen molar-refractivity contribution in [1.29, 1.82) is 0 Å². The molecule has 0 saturated heterocycles. The summed E-state index contributed by atoms with van der Waals surface area (Å²) in [6.07, 6.45) is 1.87. The van der Waals surface area contributed by atoms with Crippen LogP contribution in [-0.2, 0) is 17.6 Å². The van der Waals surface area contributed by atoms with Crippen LogP contribution in [0, 0.1) is 0 Å². The molecule has 0 saturated carbocycles. The molecule has 0 fully saturated rings. The smallest absolute Gasteiger partial charge is 0.217 e. The van der Waals surface area contributed by atoms with Gasteiger partial charge in [0.1, 0.15) is 5.75 Å². The zero-order valence-corrected chi connectivity index (χ0v) is 9.75. The van der Waals surface area contributed by atoms with Gasteiger partial charge < -0.3 is 10.1 Å². The standard InChI is InChI=1S/C13H17NO2/c1-9(14-10(2)15)7-11-3-4-13-12(8-11)5-6-16-13/h3-4,8-9H,5-7H2,1-2H3,(H,14,15). The molecule has 1 atom stereocenters. The molecule has 0 radical (unpaired) electrons. The van der Waals surface area contributed by atoms with Crippen molar-refractivity contribution in [2.75, 3.05) is 6.61 Å². The fraction of sp³-hybridized carbons (Fsp3) is 0.462. The number of hydrogen-bond donors (Lipinski definition) is 1. The first-order chi connectivity index (χ1) is 7.65. The second-order valence-corrected chi connectivity index (χ2v) is 4.35.